The summed E-state index contributed by atoms with van der Waals surface area (Å²) in [6, 6.07) is 8.24. The van der Waals surface area contributed by atoms with Gasteiger partial charge in [-0.1, -0.05) is 30.7 Å². The van der Waals surface area contributed by atoms with E-state index in [1.165, 1.54) is 44.1 Å². The molecule has 3 unspecified atom stereocenters. The largest absolute Gasteiger partial charge is 0.122 e. The SMILES string of the molecule is CC12CC3CC(C1)CC(C(Cl)Cc1cccc(Cl)c1)(C3)C2. The number of alkyl halides is 1. The molecule has 0 heterocycles. The van der Waals surface area contributed by atoms with E-state index in [1.54, 1.807) is 0 Å². The van der Waals surface area contributed by atoms with Crippen LogP contribution in [0.4, 0.5) is 0 Å². The summed E-state index contributed by atoms with van der Waals surface area (Å²) < 4.78 is 0. The van der Waals surface area contributed by atoms with Gasteiger partial charge in [0.2, 0.25) is 0 Å². The van der Waals surface area contributed by atoms with Crippen molar-refractivity contribution in [2.45, 2.75) is 57.2 Å². The molecule has 4 aliphatic rings. The molecule has 4 fully saturated rings. The highest BCUT2D eigenvalue weighted by atomic mass is 35.5. The second-order valence-electron chi connectivity index (χ2n) is 8.44. The summed E-state index contributed by atoms with van der Waals surface area (Å²) in [6.07, 6.45) is 9.43. The summed E-state index contributed by atoms with van der Waals surface area (Å²) in [5.41, 5.74) is 2.26. The maximum atomic E-state index is 7.01. The maximum absolute atomic E-state index is 7.01. The van der Waals surface area contributed by atoms with Gasteiger partial charge in [-0.25, -0.2) is 0 Å². The van der Waals surface area contributed by atoms with Crippen LogP contribution in [0.3, 0.4) is 0 Å². The third-order valence-electron chi connectivity index (χ3n) is 6.37. The summed E-state index contributed by atoms with van der Waals surface area (Å²) in [6.45, 7) is 2.52. The highest BCUT2D eigenvalue weighted by Gasteiger charge is 2.57. The molecule has 5 rings (SSSR count). The average Bonchev–Trinajstić information content (AvgIpc) is 2.35. The van der Waals surface area contributed by atoms with Crippen LogP contribution in [-0.4, -0.2) is 5.38 Å². The zero-order valence-electron chi connectivity index (χ0n) is 12.7. The Morgan fingerprint density at radius 1 is 1.19 bits per heavy atom. The van der Waals surface area contributed by atoms with Gasteiger partial charge >= 0.3 is 0 Å². The molecule has 21 heavy (non-hydrogen) atoms. The van der Waals surface area contributed by atoms with E-state index in [0.29, 0.717) is 10.8 Å². The summed E-state index contributed by atoms with van der Waals surface area (Å²) >= 11 is 13.1. The molecule has 0 N–H and O–H groups in total. The number of hydrogen-bond acceptors (Lipinski definition) is 0. The Kier molecular flexibility index (Phi) is 3.36. The average molecular weight is 323 g/mol. The molecule has 1 aromatic carbocycles. The van der Waals surface area contributed by atoms with Crippen molar-refractivity contribution in [3.05, 3.63) is 34.9 Å². The molecular formula is C19H24Cl2. The minimum absolute atomic E-state index is 0.265. The lowest BCUT2D eigenvalue weighted by Gasteiger charge is -2.62. The second-order valence-corrected chi connectivity index (χ2v) is 9.40. The van der Waals surface area contributed by atoms with Crippen LogP contribution >= 0.6 is 23.2 Å². The molecule has 4 bridgehead atoms. The Bertz CT molecular complexity index is 536. The normalized spacial score (nSPS) is 42.2. The predicted molar refractivity (Wildman–Crippen MR) is 90.0 cm³/mol. The first kappa shape index (κ1) is 14.4. The Balaban J connectivity index is 1.57. The standard InChI is InChI=1S/C19H24Cl2/c1-18-8-14-5-15(9-18)11-19(10-14,12-18)17(21)7-13-3-2-4-16(20)6-13/h2-4,6,14-15,17H,5,7-12H2,1H3. The van der Waals surface area contributed by atoms with Gasteiger partial charge in [-0.3, -0.25) is 0 Å². The van der Waals surface area contributed by atoms with Gasteiger partial charge in [-0.2, -0.15) is 0 Å². The molecule has 4 saturated carbocycles. The maximum Gasteiger partial charge on any atom is 0.0433 e. The van der Waals surface area contributed by atoms with E-state index in [4.69, 9.17) is 23.2 Å². The highest BCUT2D eigenvalue weighted by molar-refractivity contribution is 6.30. The molecular weight excluding hydrogens is 299 g/mol. The molecule has 114 valence electrons. The zero-order valence-corrected chi connectivity index (χ0v) is 14.3. The minimum Gasteiger partial charge on any atom is -0.122 e. The summed E-state index contributed by atoms with van der Waals surface area (Å²) in [5.74, 6) is 1.88. The van der Waals surface area contributed by atoms with Crippen molar-refractivity contribution >= 4 is 23.2 Å². The van der Waals surface area contributed by atoms with Gasteiger partial charge < -0.3 is 0 Å². The first-order valence-electron chi connectivity index (χ1n) is 8.35. The van der Waals surface area contributed by atoms with Gasteiger partial charge in [0.15, 0.2) is 0 Å². The fraction of sp³-hybridized carbons (Fsp3) is 0.684. The van der Waals surface area contributed by atoms with Crippen LogP contribution < -0.4 is 0 Å². The summed E-state index contributed by atoms with van der Waals surface area (Å²) in [4.78, 5) is 0. The lowest BCUT2D eigenvalue weighted by molar-refractivity contribution is -0.103. The van der Waals surface area contributed by atoms with E-state index in [1.807, 2.05) is 12.1 Å². The molecule has 0 radical (unpaired) electrons. The van der Waals surface area contributed by atoms with Crippen LogP contribution in [-0.2, 0) is 6.42 Å². The van der Waals surface area contributed by atoms with Crippen molar-refractivity contribution in [3.8, 4) is 0 Å². The molecule has 0 nitrogen and oxygen atoms in total. The molecule has 0 aromatic heterocycles. The third-order valence-corrected chi connectivity index (χ3v) is 7.22. The van der Waals surface area contributed by atoms with Crippen LogP contribution in [0.1, 0.15) is 51.0 Å². The molecule has 0 saturated heterocycles. The van der Waals surface area contributed by atoms with Gasteiger partial charge in [0.25, 0.3) is 0 Å². The fourth-order valence-electron chi connectivity index (χ4n) is 6.25. The zero-order chi connectivity index (χ0) is 14.7. The molecule has 0 aliphatic heterocycles. The third kappa shape index (κ3) is 2.53. The first-order valence-corrected chi connectivity index (χ1v) is 9.16. The van der Waals surface area contributed by atoms with Crippen molar-refractivity contribution in [1.82, 2.24) is 0 Å². The summed E-state index contributed by atoms with van der Waals surface area (Å²) in [5, 5.41) is 1.09. The predicted octanol–water partition coefficient (Wildman–Crippen LogP) is 6.10. The van der Waals surface area contributed by atoms with E-state index >= 15 is 0 Å². The number of rotatable bonds is 3. The molecule has 4 aliphatic carbocycles. The molecule has 0 spiro atoms. The Morgan fingerprint density at radius 2 is 1.90 bits per heavy atom. The number of hydrogen-bond donors (Lipinski definition) is 0. The second kappa shape index (κ2) is 4.90. The monoisotopic (exact) mass is 322 g/mol. The lowest BCUT2D eigenvalue weighted by Crippen LogP contribution is -2.54. The Labute approximate surface area is 138 Å². The van der Waals surface area contributed by atoms with E-state index in [9.17, 15) is 0 Å². The molecule has 1 aromatic rings. The molecule has 2 heteroatoms. The highest BCUT2D eigenvalue weighted by Crippen LogP contribution is 2.67. The summed E-state index contributed by atoms with van der Waals surface area (Å²) in [7, 11) is 0. The van der Waals surface area contributed by atoms with Crippen LogP contribution in [0.25, 0.3) is 0 Å². The van der Waals surface area contributed by atoms with Gasteiger partial charge in [0.1, 0.15) is 0 Å². The smallest absolute Gasteiger partial charge is 0.0433 e. The fourth-order valence-corrected chi connectivity index (χ4v) is 6.90. The van der Waals surface area contributed by atoms with Crippen molar-refractivity contribution in [2.24, 2.45) is 22.7 Å². The van der Waals surface area contributed by atoms with Gasteiger partial charge in [0, 0.05) is 10.4 Å². The lowest BCUT2D eigenvalue weighted by atomic mass is 9.44. The minimum atomic E-state index is 0.265. The van der Waals surface area contributed by atoms with Crippen LogP contribution in [0.2, 0.25) is 5.02 Å². The van der Waals surface area contributed by atoms with Crippen LogP contribution in [0.15, 0.2) is 24.3 Å². The van der Waals surface area contributed by atoms with E-state index in [2.05, 4.69) is 19.1 Å². The van der Waals surface area contributed by atoms with Crippen molar-refractivity contribution in [3.63, 3.8) is 0 Å². The number of benzene rings is 1. The van der Waals surface area contributed by atoms with Crippen LogP contribution in [0.5, 0.6) is 0 Å². The number of halogens is 2. The quantitative estimate of drug-likeness (QED) is 0.590. The van der Waals surface area contributed by atoms with Crippen LogP contribution in [0, 0.1) is 22.7 Å². The Hall–Kier alpha value is -0.200. The van der Waals surface area contributed by atoms with Gasteiger partial charge in [-0.15, -0.1) is 11.6 Å². The van der Waals surface area contributed by atoms with Gasteiger partial charge in [0.05, 0.1) is 0 Å². The Morgan fingerprint density at radius 3 is 2.52 bits per heavy atom. The molecule has 0 amide bonds. The van der Waals surface area contributed by atoms with E-state index in [0.717, 1.165) is 23.3 Å². The topological polar surface area (TPSA) is 0 Å². The van der Waals surface area contributed by atoms with Crippen molar-refractivity contribution in [2.75, 3.05) is 0 Å². The van der Waals surface area contributed by atoms with Crippen molar-refractivity contribution < 1.29 is 0 Å². The van der Waals surface area contributed by atoms with Crippen molar-refractivity contribution in [1.29, 1.82) is 0 Å². The first-order chi connectivity index (χ1) is 9.96. The van der Waals surface area contributed by atoms with E-state index < -0.39 is 0 Å². The van der Waals surface area contributed by atoms with E-state index in [-0.39, 0.29) is 5.38 Å². The van der Waals surface area contributed by atoms with Gasteiger partial charge in [-0.05, 0) is 85.3 Å². The molecule has 3 atom stereocenters.